The molecule has 2 rings (SSSR count). The van der Waals surface area contributed by atoms with Crippen LogP contribution in [0.3, 0.4) is 0 Å². The molecule has 0 aliphatic carbocycles. The smallest absolute Gasteiger partial charge is 0.224 e. The van der Waals surface area contributed by atoms with Gasteiger partial charge < -0.3 is 10.6 Å². The lowest BCUT2D eigenvalue weighted by Gasteiger charge is -2.11. The van der Waals surface area contributed by atoms with Gasteiger partial charge in [-0.05, 0) is 37.6 Å². The van der Waals surface area contributed by atoms with Gasteiger partial charge in [0.25, 0.3) is 0 Å². The minimum absolute atomic E-state index is 0.134. The maximum Gasteiger partial charge on any atom is 0.224 e. The third-order valence-corrected chi connectivity index (χ3v) is 4.35. The number of benzene rings is 1. The minimum atomic E-state index is -3.33. The van der Waals surface area contributed by atoms with E-state index in [1.54, 1.807) is 18.2 Å². The molecule has 1 aromatic rings. The molecule has 1 atom stereocenters. The van der Waals surface area contributed by atoms with Gasteiger partial charge in [-0.3, -0.25) is 4.79 Å². The van der Waals surface area contributed by atoms with E-state index in [0.29, 0.717) is 18.0 Å². The van der Waals surface area contributed by atoms with E-state index < -0.39 is 9.84 Å². The first kappa shape index (κ1) is 14.0. The summed E-state index contributed by atoms with van der Waals surface area (Å²) in [4.78, 5) is 12.1. The summed E-state index contributed by atoms with van der Waals surface area (Å²) in [5.41, 5.74) is 0.362. The molecular formula is C13H18N2O3S. The Morgan fingerprint density at radius 1 is 1.42 bits per heavy atom. The number of nitrogens with one attached hydrogen (secondary N) is 2. The Balaban J connectivity index is 2.08. The highest BCUT2D eigenvalue weighted by Gasteiger charge is 2.19. The first-order chi connectivity index (χ1) is 8.97. The number of hydrogen-bond acceptors (Lipinski definition) is 4. The molecule has 19 heavy (non-hydrogen) atoms. The summed E-state index contributed by atoms with van der Waals surface area (Å²) < 4.78 is 23.2. The van der Waals surface area contributed by atoms with Crippen LogP contribution in [0.5, 0.6) is 0 Å². The van der Waals surface area contributed by atoms with Gasteiger partial charge >= 0.3 is 0 Å². The zero-order valence-corrected chi connectivity index (χ0v) is 11.7. The summed E-state index contributed by atoms with van der Waals surface area (Å²) >= 11 is 0. The van der Waals surface area contributed by atoms with Crippen LogP contribution in [0.4, 0.5) is 5.69 Å². The van der Waals surface area contributed by atoms with Gasteiger partial charge in [0.15, 0.2) is 9.84 Å². The number of carbonyl (C=O) groups excluding carboxylic acids is 1. The van der Waals surface area contributed by atoms with E-state index in [2.05, 4.69) is 10.6 Å². The van der Waals surface area contributed by atoms with E-state index in [4.69, 9.17) is 0 Å². The maximum atomic E-state index is 11.9. The molecule has 5 nitrogen and oxygen atoms in total. The molecule has 1 unspecified atom stereocenters. The maximum absolute atomic E-state index is 11.9. The van der Waals surface area contributed by atoms with Crippen LogP contribution in [0, 0.1) is 5.92 Å². The monoisotopic (exact) mass is 282 g/mol. The van der Waals surface area contributed by atoms with Crippen LogP contribution >= 0.6 is 0 Å². The fourth-order valence-corrected chi connectivity index (χ4v) is 3.09. The molecule has 1 heterocycles. The molecular weight excluding hydrogens is 264 g/mol. The van der Waals surface area contributed by atoms with Crippen LogP contribution in [-0.4, -0.2) is 33.7 Å². The predicted octanol–water partition coefficient (Wildman–Crippen LogP) is 1.03. The van der Waals surface area contributed by atoms with Crippen LogP contribution in [0.1, 0.15) is 12.8 Å². The number of sulfone groups is 1. The van der Waals surface area contributed by atoms with Gasteiger partial charge in [0.2, 0.25) is 5.91 Å². The van der Waals surface area contributed by atoms with Gasteiger partial charge in [-0.25, -0.2) is 8.42 Å². The van der Waals surface area contributed by atoms with E-state index >= 15 is 0 Å². The van der Waals surface area contributed by atoms with E-state index in [1.807, 2.05) is 0 Å². The molecule has 1 aromatic carbocycles. The normalized spacial score (nSPS) is 19.3. The Bertz CT molecular complexity index is 563. The lowest BCUT2D eigenvalue weighted by molar-refractivity contribution is -0.117. The highest BCUT2D eigenvalue weighted by atomic mass is 32.2. The number of rotatable bonds is 4. The summed E-state index contributed by atoms with van der Waals surface area (Å²) in [5.74, 6) is 0.204. The molecule has 1 amide bonds. The van der Waals surface area contributed by atoms with Gasteiger partial charge in [0.1, 0.15) is 0 Å². The second-order valence-electron chi connectivity index (χ2n) is 4.88. The lowest BCUT2D eigenvalue weighted by atomic mass is 10.0. The summed E-state index contributed by atoms with van der Waals surface area (Å²) in [5, 5.41) is 5.90. The second-order valence-corrected chi connectivity index (χ2v) is 6.86. The lowest BCUT2D eigenvalue weighted by Crippen LogP contribution is -2.19. The van der Waals surface area contributed by atoms with Crippen molar-refractivity contribution in [2.75, 3.05) is 24.7 Å². The zero-order valence-electron chi connectivity index (χ0n) is 10.8. The minimum Gasteiger partial charge on any atom is -0.325 e. The van der Waals surface area contributed by atoms with Crippen molar-refractivity contribution in [3.63, 3.8) is 0 Å². The largest absolute Gasteiger partial charge is 0.325 e. The van der Waals surface area contributed by atoms with Crippen molar-refractivity contribution in [2.45, 2.75) is 17.7 Å². The number of para-hydroxylation sites is 1. The summed E-state index contributed by atoms with van der Waals surface area (Å²) in [6, 6.07) is 6.47. The van der Waals surface area contributed by atoms with Crippen LogP contribution in [0.25, 0.3) is 0 Å². The van der Waals surface area contributed by atoms with Crippen molar-refractivity contribution in [1.29, 1.82) is 0 Å². The molecule has 0 spiro atoms. The van der Waals surface area contributed by atoms with Crippen molar-refractivity contribution >= 4 is 21.4 Å². The summed E-state index contributed by atoms with van der Waals surface area (Å²) in [6.45, 7) is 1.79. The molecule has 0 aromatic heterocycles. The Kier molecular flexibility index (Phi) is 4.21. The van der Waals surface area contributed by atoms with Crippen molar-refractivity contribution in [2.24, 2.45) is 5.92 Å². The predicted molar refractivity (Wildman–Crippen MR) is 73.8 cm³/mol. The van der Waals surface area contributed by atoms with Gasteiger partial charge in [-0.15, -0.1) is 0 Å². The van der Waals surface area contributed by atoms with Crippen molar-refractivity contribution in [3.8, 4) is 0 Å². The molecule has 6 heteroatoms. The van der Waals surface area contributed by atoms with E-state index in [-0.39, 0.29) is 10.8 Å². The number of carbonyl (C=O) groups is 1. The second kappa shape index (κ2) is 5.71. The fraction of sp³-hybridized carbons (Fsp3) is 0.462. The van der Waals surface area contributed by atoms with Gasteiger partial charge in [-0.2, -0.15) is 0 Å². The third-order valence-electron chi connectivity index (χ3n) is 3.20. The Hall–Kier alpha value is -1.40. The summed E-state index contributed by atoms with van der Waals surface area (Å²) in [6.07, 6.45) is 2.55. The molecule has 2 N–H and O–H groups in total. The molecule has 1 aliphatic heterocycles. The van der Waals surface area contributed by atoms with Gasteiger partial charge in [0.05, 0.1) is 10.6 Å². The number of anilines is 1. The van der Waals surface area contributed by atoms with Gasteiger partial charge in [0, 0.05) is 12.7 Å². The third kappa shape index (κ3) is 3.78. The highest BCUT2D eigenvalue weighted by molar-refractivity contribution is 7.90. The fourth-order valence-electron chi connectivity index (χ4n) is 2.25. The average molecular weight is 282 g/mol. The summed E-state index contributed by atoms with van der Waals surface area (Å²) in [7, 11) is -3.33. The van der Waals surface area contributed by atoms with Crippen molar-refractivity contribution in [3.05, 3.63) is 24.3 Å². The number of hydrogen-bond donors (Lipinski definition) is 2. The van der Waals surface area contributed by atoms with Gasteiger partial charge in [-0.1, -0.05) is 12.1 Å². The first-order valence-corrected chi connectivity index (χ1v) is 8.15. The Morgan fingerprint density at radius 2 is 2.16 bits per heavy atom. The topological polar surface area (TPSA) is 75.3 Å². The van der Waals surface area contributed by atoms with Crippen LogP contribution < -0.4 is 10.6 Å². The molecule has 0 bridgehead atoms. The molecule has 0 saturated carbocycles. The molecule has 104 valence electrons. The van der Waals surface area contributed by atoms with Crippen molar-refractivity contribution < 1.29 is 13.2 Å². The SMILES string of the molecule is CS(=O)(=O)c1ccccc1NC(=O)CC1CCNC1. The Labute approximate surface area is 113 Å². The molecule has 1 fully saturated rings. The van der Waals surface area contributed by atoms with E-state index in [9.17, 15) is 13.2 Å². The quantitative estimate of drug-likeness (QED) is 0.865. The molecule has 1 saturated heterocycles. The number of amides is 1. The standard InChI is InChI=1S/C13H18N2O3S/c1-19(17,18)12-5-3-2-4-11(12)15-13(16)8-10-6-7-14-9-10/h2-5,10,14H,6-9H2,1H3,(H,15,16). The van der Waals surface area contributed by atoms with E-state index in [1.165, 1.54) is 6.07 Å². The Morgan fingerprint density at radius 3 is 2.79 bits per heavy atom. The average Bonchev–Trinajstić information content (AvgIpc) is 2.81. The van der Waals surface area contributed by atoms with Crippen LogP contribution in [0.2, 0.25) is 0 Å². The van der Waals surface area contributed by atoms with Crippen LogP contribution in [-0.2, 0) is 14.6 Å². The van der Waals surface area contributed by atoms with E-state index in [0.717, 1.165) is 25.8 Å². The first-order valence-electron chi connectivity index (χ1n) is 6.26. The molecule has 1 aliphatic rings. The zero-order chi connectivity index (χ0) is 13.9. The van der Waals surface area contributed by atoms with Crippen LogP contribution in [0.15, 0.2) is 29.2 Å². The van der Waals surface area contributed by atoms with Crippen molar-refractivity contribution in [1.82, 2.24) is 5.32 Å². The highest BCUT2D eigenvalue weighted by Crippen LogP contribution is 2.21. The molecule has 0 radical (unpaired) electrons.